The van der Waals surface area contributed by atoms with Crippen molar-refractivity contribution in [3.05, 3.63) is 16.1 Å². The van der Waals surface area contributed by atoms with Crippen LogP contribution in [0.25, 0.3) is 0 Å². The summed E-state index contributed by atoms with van der Waals surface area (Å²) in [4.78, 5) is 4.44. The van der Waals surface area contributed by atoms with Crippen LogP contribution in [-0.2, 0) is 6.54 Å². The summed E-state index contributed by atoms with van der Waals surface area (Å²) in [5.41, 5.74) is 7.64. The van der Waals surface area contributed by atoms with Gasteiger partial charge in [-0.15, -0.1) is 11.3 Å². The Kier molecular flexibility index (Phi) is 4.54. The van der Waals surface area contributed by atoms with Gasteiger partial charge in [0.1, 0.15) is 0 Å². The lowest BCUT2D eigenvalue weighted by atomic mass is 9.80. The summed E-state index contributed by atoms with van der Waals surface area (Å²) >= 11 is 1.71. The Morgan fingerprint density at radius 3 is 2.82 bits per heavy atom. The third-order valence-corrected chi connectivity index (χ3v) is 4.44. The van der Waals surface area contributed by atoms with E-state index in [0.717, 1.165) is 30.2 Å². The first-order valence-corrected chi connectivity index (χ1v) is 7.47. The zero-order chi connectivity index (χ0) is 12.1. The van der Waals surface area contributed by atoms with E-state index in [1.165, 1.54) is 32.1 Å². The van der Waals surface area contributed by atoms with E-state index in [1.54, 1.807) is 11.3 Å². The molecule has 1 aliphatic rings. The van der Waals surface area contributed by atoms with E-state index in [-0.39, 0.29) is 5.54 Å². The minimum absolute atomic E-state index is 0.100. The molecule has 0 aliphatic heterocycles. The molecule has 0 aromatic carbocycles. The van der Waals surface area contributed by atoms with Gasteiger partial charge in [0.15, 0.2) is 0 Å². The maximum atomic E-state index is 6.39. The zero-order valence-corrected chi connectivity index (χ0v) is 11.5. The number of rotatable bonds is 5. The molecule has 1 fully saturated rings. The second kappa shape index (κ2) is 5.94. The Labute approximate surface area is 108 Å². The lowest BCUT2D eigenvalue weighted by molar-refractivity contribution is 0.274. The molecule has 0 unspecified atom stereocenters. The standard InChI is InChI=1S/C13H23N3S/c1-11-16-12(10-17-11)9-15-8-7-13(14)5-3-2-4-6-13/h10,15H,2-9,14H2,1H3. The van der Waals surface area contributed by atoms with Crippen LogP contribution in [0.1, 0.15) is 49.2 Å². The lowest BCUT2D eigenvalue weighted by Crippen LogP contribution is -2.43. The fourth-order valence-electron chi connectivity index (χ4n) is 2.55. The number of hydrogen-bond donors (Lipinski definition) is 2. The molecule has 3 N–H and O–H groups in total. The van der Waals surface area contributed by atoms with Crippen molar-refractivity contribution in [3.63, 3.8) is 0 Å². The number of nitrogens with zero attached hydrogens (tertiary/aromatic N) is 1. The van der Waals surface area contributed by atoms with Gasteiger partial charge in [-0.25, -0.2) is 4.98 Å². The number of aromatic nitrogens is 1. The van der Waals surface area contributed by atoms with Crippen LogP contribution in [0.3, 0.4) is 0 Å². The molecule has 96 valence electrons. The van der Waals surface area contributed by atoms with Crippen molar-refractivity contribution >= 4 is 11.3 Å². The molecule has 1 aromatic rings. The van der Waals surface area contributed by atoms with Gasteiger partial charge in [-0.1, -0.05) is 19.3 Å². The van der Waals surface area contributed by atoms with Crippen LogP contribution in [0.4, 0.5) is 0 Å². The third-order valence-electron chi connectivity index (χ3n) is 3.62. The molecule has 0 amide bonds. The predicted octanol–water partition coefficient (Wildman–Crippen LogP) is 2.59. The van der Waals surface area contributed by atoms with Crippen molar-refractivity contribution in [3.8, 4) is 0 Å². The predicted molar refractivity (Wildman–Crippen MR) is 73.2 cm³/mol. The van der Waals surface area contributed by atoms with Crippen molar-refractivity contribution in [2.24, 2.45) is 5.73 Å². The summed E-state index contributed by atoms with van der Waals surface area (Å²) in [5, 5.41) is 6.72. The molecule has 0 atom stereocenters. The topological polar surface area (TPSA) is 50.9 Å². The zero-order valence-electron chi connectivity index (χ0n) is 10.7. The molecule has 0 radical (unpaired) electrons. The van der Waals surface area contributed by atoms with Gasteiger partial charge in [-0.05, 0) is 32.7 Å². The fraction of sp³-hybridized carbons (Fsp3) is 0.769. The number of thiazole rings is 1. The molecule has 0 bridgehead atoms. The highest BCUT2D eigenvalue weighted by Gasteiger charge is 2.26. The summed E-state index contributed by atoms with van der Waals surface area (Å²) in [6.07, 6.45) is 7.47. The van der Waals surface area contributed by atoms with Crippen molar-refractivity contribution in [1.82, 2.24) is 10.3 Å². The van der Waals surface area contributed by atoms with Crippen LogP contribution >= 0.6 is 11.3 Å². The van der Waals surface area contributed by atoms with Crippen LogP contribution < -0.4 is 11.1 Å². The molecular weight excluding hydrogens is 230 g/mol. The minimum atomic E-state index is 0.100. The highest BCUT2D eigenvalue weighted by molar-refractivity contribution is 7.09. The second-order valence-corrected chi connectivity index (χ2v) is 6.27. The van der Waals surface area contributed by atoms with Crippen LogP contribution in [-0.4, -0.2) is 17.1 Å². The van der Waals surface area contributed by atoms with Crippen LogP contribution in [0.5, 0.6) is 0 Å². The molecule has 1 aliphatic carbocycles. The quantitative estimate of drug-likeness (QED) is 0.793. The molecule has 17 heavy (non-hydrogen) atoms. The van der Waals surface area contributed by atoms with Crippen molar-refractivity contribution in [1.29, 1.82) is 0 Å². The summed E-state index contributed by atoms with van der Waals surface area (Å²) in [5.74, 6) is 0. The Balaban J connectivity index is 1.65. The maximum Gasteiger partial charge on any atom is 0.0897 e. The highest BCUT2D eigenvalue weighted by Crippen LogP contribution is 2.28. The molecule has 0 saturated heterocycles. The molecule has 3 nitrogen and oxygen atoms in total. The number of aryl methyl sites for hydroxylation is 1. The van der Waals surface area contributed by atoms with E-state index < -0.39 is 0 Å². The molecular formula is C13H23N3S. The van der Waals surface area contributed by atoms with Gasteiger partial charge in [0, 0.05) is 17.5 Å². The maximum absolute atomic E-state index is 6.39. The Morgan fingerprint density at radius 1 is 1.41 bits per heavy atom. The van der Waals surface area contributed by atoms with E-state index in [2.05, 4.69) is 15.7 Å². The van der Waals surface area contributed by atoms with E-state index in [4.69, 9.17) is 5.73 Å². The van der Waals surface area contributed by atoms with Gasteiger partial charge in [0.25, 0.3) is 0 Å². The first-order valence-electron chi connectivity index (χ1n) is 6.59. The summed E-state index contributed by atoms with van der Waals surface area (Å²) in [6, 6.07) is 0. The molecule has 1 saturated carbocycles. The summed E-state index contributed by atoms with van der Waals surface area (Å²) < 4.78 is 0. The molecule has 4 heteroatoms. The van der Waals surface area contributed by atoms with Gasteiger partial charge in [-0.2, -0.15) is 0 Å². The van der Waals surface area contributed by atoms with E-state index in [9.17, 15) is 0 Å². The van der Waals surface area contributed by atoms with Gasteiger partial charge in [0.2, 0.25) is 0 Å². The molecule has 1 heterocycles. The van der Waals surface area contributed by atoms with E-state index >= 15 is 0 Å². The van der Waals surface area contributed by atoms with Crippen LogP contribution in [0.2, 0.25) is 0 Å². The van der Waals surface area contributed by atoms with Crippen molar-refractivity contribution in [2.45, 2.75) is 57.5 Å². The van der Waals surface area contributed by atoms with Gasteiger partial charge >= 0.3 is 0 Å². The number of nitrogens with two attached hydrogens (primary N) is 1. The monoisotopic (exact) mass is 253 g/mol. The third kappa shape index (κ3) is 4.05. The summed E-state index contributed by atoms with van der Waals surface area (Å²) in [6.45, 7) is 3.93. The molecule has 2 rings (SSSR count). The average molecular weight is 253 g/mol. The lowest BCUT2D eigenvalue weighted by Gasteiger charge is -2.33. The Hall–Kier alpha value is -0.450. The first kappa shape index (κ1) is 13.0. The summed E-state index contributed by atoms with van der Waals surface area (Å²) in [7, 11) is 0. The van der Waals surface area contributed by atoms with Crippen LogP contribution in [0.15, 0.2) is 5.38 Å². The number of hydrogen-bond acceptors (Lipinski definition) is 4. The van der Waals surface area contributed by atoms with Crippen molar-refractivity contribution in [2.75, 3.05) is 6.54 Å². The SMILES string of the molecule is Cc1nc(CNCCC2(N)CCCCC2)cs1. The van der Waals surface area contributed by atoms with Gasteiger partial charge in [0.05, 0.1) is 10.7 Å². The van der Waals surface area contributed by atoms with Gasteiger partial charge in [-0.3, -0.25) is 0 Å². The highest BCUT2D eigenvalue weighted by atomic mass is 32.1. The van der Waals surface area contributed by atoms with Crippen molar-refractivity contribution < 1.29 is 0 Å². The number of nitrogens with one attached hydrogen (secondary N) is 1. The largest absolute Gasteiger partial charge is 0.325 e. The average Bonchev–Trinajstić information content (AvgIpc) is 2.72. The fourth-order valence-corrected chi connectivity index (χ4v) is 3.16. The first-order chi connectivity index (χ1) is 8.18. The normalized spacial score (nSPS) is 19.4. The van der Waals surface area contributed by atoms with Crippen LogP contribution in [0, 0.1) is 6.92 Å². The van der Waals surface area contributed by atoms with E-state index in [1.807, 2.05) is 6.92 Å². The van der Waals surface area contributed by atoms with Gasteiger partial charge < -0.3 is 11.1 Å². The Morgan fingerprint density at radius 2 is 2.18 bits per heavy atom. The minimum Gasteiger partial charge on any atom is -0.325 e. The molecule has 0 spiro atoms. The van der Waals surface area contributed by atoms with E-state index in [0.29, 0.717) is 0 Å². The smallest absolute Gasteiger partial charge is 0.0897 e. The second-order valence-electron chi connectivity index (χ2n) is 5.21. The molecule has 1 aromatic heterocycles. The Bertz CT molecular complexity index is 342.